The van der Waals surface area contributed by atoms with E-state index in [1.54, 1.807) is 7.11 Å². The standard InChI is InChI=1S/C15H20O3/c1-11-6-7-14(15(10-11)17-2)18-9-8-12-4-3-5-13(12)16/h6-7,10,12H,3-5,8-9H2,1-2H3. The van der Waals surface area contributed by atoms with E-state index in [0.717, 1.165) is 42.7 Å². The molecule has 0 heterocycles. The molecule has 0 aliphatic heterocycles. The van der Waals surface area contributed by atoms with Gasteiger partial charge in [-0.15, -0.1) is 0 Å². The molecule has 1 aromatic rings. The zero-order valence-electron chi connectivity index (χ0n) is 11.1. The van der Waals surface area contributed by atoms with E-state index in [9.17, 15) is 4.79 Å². The highest BCUT2D eigenvalue weighted by molar-refractivity contribution is 5.82. The van der Waals surface area contributed by atoms with Crippen molar-refractivity contribution in [2.24, 2.45) is 5.92 Å². The SMILES string of the molecule is COc1cc(C)ccc1OCCC1CCCC1=O. The largest absolute Gasteiger partial charge is 0.493 e. The van der Waals surface area contributed by atoms with Gasteiger partial charge >= 0.3 is 0 Å². The van der Waals surface area contributed by atoms with Crippen LogP contribution in [0.4, 0.5) is 0 Å². The summed E-state index contributed by atoms with van der Waals surface area (Å²) in [7, 11) is 1.64. The van der Waals surface area contributed by atoms with Gasteiger partial charge in [0.2, 0.25) is 0 Å². The van der Waals surface area contributed by atoms with Gasteiger partial charge in [-0.25, -0.2) is 0 Å². The van der Waals surface area contributed by atoms with Crippen molar-refractivity contribution in [3.63, 3.8) is 0 Å². The molecule has 1 fully saturated rings. The van der Waals surface area contributed by atoms with Crippen molar-refractivity contribution in [3.05, 3.63) is 23.8 Å². The molecule has 1 aliphatic rings. The molecule has 3 nitrogen and oxygen atoms in total. The molecule has 98 valence electrons. The molecule has 0 N–H and O–H groups in total. The van der Waals surface area contributed by atoms with Gasteiger partial charge in [0.25, 0.3) is 0 Å². The number of Topliss-reactive ketones (excluding diaryl/α,β-unsaturated/α-hetero) is 1. The predicted octanol–water partition coefficient (Wildman–Crippen LogP) is 3.14. The first-order valence-electron chi connectivity index (χ1n) is 6.51. The summed E-state index contributed by atoms with van der Waals surface area (Å²) in [5, 5.41) is 0. The molecule has 0 radical (unpaired) electrons. The average Bonchev–Trinajstić information content (AvgIpc) is 2.77. The van der Waals surface area contributed by atoms with Gasteiger partial charge in [-0.2, -0.15) is 0 Å². The Labute approximate surface area is 108 Å². The maximum atomic E-state index is 11.5. The second-order valence-electron chi connectivity index (χ2n) is 4.85. The van der Waals surface area contributed by atoms with E-state index in [1.807, 2.05) is 25.1 Å². The number of hydrogen-bond donors (Lipinski definition) is 0. The zero-order chi connectivity index (χ0) is 13.0. The maximum absolute atomic E-state index is 11.5. The molecule has 1 atom stereocenters. The lowest BCUT2D eigenvalue weighted by atomic mass is 10.0. The van der Waals surface area contributed by atoms with Crippen molar-refractivity contribution < 1.29 is 14.3 Å². The molecule has 0 bridgehead atoms. The van der Waals surface area contributed by atoms with E-state index < -0.39 is 0 Å². The number of methoxy groups -OCH3 is 1. The third-order valence-corrected chi connectivity index (χ3v) is 3.47. The number of carbonyl (C=O) groups is 1. The Hall–Kier alpha value is -1.51. The fourth-order valence-corrected chi connectivity index (χ4v) is 2.40. The Bertz CT molecular complexity index is 426. The molecule has 0 amide bonds. The Kier molecular flexibility index (Phi) is 4.24. The van der Waals surface area contributed by atoms with Crippen LogP contribution in [0.3, 0.4) is 0 Å². The van der Waals surface area contributed by atoms with Gasteiger partial charge in [-0.3, -0.25) is 4.79 Å². The normalized spacial score (nSPS) is 19.0. The molecule has 0 aromatic heterocycles. The molecule has 0 spiro atoms. The van der Waals surface area contributed by atoms with Crippen LogP contribution in [0.1, 0.15) is 31.2 Å². The van der Waals surface area contributed by atoms with Crippen LogP contribution in [0.25, 0.3) is 0 Å². The van der Waals surface area contributed by atoms with Crippen LogP contribution in [-0.4, -0.2) is 19.5 Å². The summed E-state index contributed by atoms with van der Waals surface area (Å²) in [4.78, 5) is 11.5. The van der Waals surface area contributed by atoms with Crippen LogP contribution < -0.4 is 9.47 Å². The molecule has 1 saturated carbocycles. The zero-order valence-corrected chi connectivity index (χ0v) is 11.1. The first-order chi connectivity index (χ1) is 8.70. The summed E-state index contributed by atoms with van der Waals surface area (Å²) in [5.74, 6) is 2.12. The van der Waals surface area contributed by atoms with Gasteiger partial charge in [0, 0.05) is 12.3 Å². The Balaban J connectivity index is 1.88. The third-order valence-electron chi connectivity index (χ3n) is 3.47. The number of benzene rings is 1. The average molecular weight is 248 g/mol. The fraction of sp³-hybridized carbons (Fsp3) is 0.533. The second kappa shape index (κ2) is 5.89. The molecular weight excluding hydrogens is 228 g/mol. The number of rotatable bonds is 5. The molecule has 2 rings (SSSR count). The number of ether oxygens (including phenoxy) is 2. The van der Waals surface area contributed by atoms with Crippen molar-refractivity contribution in [1.82, 2.24) is 0 Å². The number of carbonyl (C=O) groups excluding carboxylic acids is 1. The lowest BCUT2D eigenvalue weighted by molar-refractivity contribution is -0.121. The van der Waals surface area contributed by atoms with Crippen molar-refractivity contribution in [1.29, 1.82) is 0 Å². The van der Waals surface area contributed by atoms with Gasteiger partial charge in [0.05, 0.1) is 13.7 Å². The van der Waals surface area contributed by atoms with Crippen LogP contribution in [0.2, 0.25) is 0 Å². The van der Waals surface area contributed by atoms with E-state index in [-0.39, 0.29) is 5.92 Å². The van der Waals surface area contributed by atoms with Crippen LogP contribution >= 0.6 is 0 Å². The van der Waals surface area contributed by atoms with Crippen molar-refractivity contribution in [2.45, 2.75) is 32.6 Å². The summed E-state index contributed by atoms with van der Waals surface area (Å²) in [5.41, 5.74) is 1.14. The second-order valence-corrected chi connectivity index (χ2v) is 4.85. The summed E-state index contributed by atoms with van der Waals surface area (Å²) in [6.45, 7) is 2.60. The number of hydrogen-bond acceptors (Lipinski definition) is 3. The Morgan fingerprint density at radius 3 is 2.83 bits per heavy atom. The summed E-state index contributed by atoms with van der Waals surface area (Å²) < 4.78 is 11.0. The minimum absolute atomic E-state index is 0.210. The molecule has 18 heavy (non-hydrogen) atoms. The maximum Gasteiger partial charge on any atom is 0.161 e. The van der Waals surface area contributed by atoms with Crippen molar-refractivity contribution in [3.8, 4) is 11.5 Å². The van der Waals surface area contributed by atoms with Gasteiger partial charge in [0.1, 0.15) is 5.78 Å². The lowest BCUT2D eigenvalue weighted by Gasteiger charge is -2.13. The Morgan fingerprint density at radius 2 is 2.17 bits per heavy atom. The monoisotopic (exact) mass is 248 g/mol. The quantitative estimate of drug-likeness (QED) is 0.803. The minimum Gasteiger partial charge on any atom is -0.493 e. The summed E-state index contributed by atoms with van der Waals surface area (Å²) >= 11 is 0. The smallest absolute Gasteiger partial charge is 0.161 e. The number of ketones is 1. The minimum atomic E-state index is 0.210. The van der Waals surface area contributed by atoms with E-state index in [2.05, 4.69) is 0 Å². The van der Waals surface area contributed by atoms with Gasteiger partial charge in [-0.1, -0.05) is 6.07 Å². The van der Waals surface area contributed by atoms with Gasteiger partial charge in [-0.05, 0) is 43.9 Å². The van der Waals surface area contributed by atoms with Crippen molar-refractivity contribution >= 4 is 5.78 Å². The van der Waals surface area contributed by atoms with Gasteiger partial charge < -0.3 is 9.47 Å². The van der Waals surface area contributed by atoms with Crippen LogP contribution in [0.15, 0.2) is 18.2 Å². The predicted molar refractivity (Wildman–Crippen MR) is 70.2 cm³/mol. The van der Waals surface area contributed by atoms with Crippen LogP contribution in [-0.2, 0) is 4.79 Å². The van der Waals surface area contributed by atoms with E-state index in [1.165, 1.54) is 0 Å². The van der Waals surface area contributed by atoms with Crippen LogP contribution in [0.5, 0.6) is 11.5 Å². The van der Waals surface area contributed by atoms with Crippen LogP contribution in [0, 0.1) is 12.8 Å². The number of aryl methyl sites for hydroxylation is 1. The summed E-state index contributed by atoms with van der Waals surface area (Å²) in [6.07, 6.45) is 3.62. The van der Waals surface area contributed by atoms with Crippen molar-refractivity contribution in [2.75, 3.05) is 13.7 Å². The molecule has 1 unspecified atom stereocenters. The molecule has 3 heteroatoms. The summed E-state index contributed by atoms with van der Waals surface area (Å²) in [6, 6.07) is 5.87. The first-order valence-corrected chi connectivity index (χ1v) is 6.51. The fourth-order valence-electron chi connectivity index (χ4n) is 2.40. The molecule has 1 aromatic carbocycles. The lowest BCUT2D eigenvalue weighted by Crippen LogP contribution is -2.11. The molecular formula is C15H20O3. The highest BCUT2D eigenvalue weighted by Gasteiger charge is 2.23. The van der Waals surface area contributed by atoms with E-state index in [0.29, 0.717) is 12.4 Å². The van der Waals surface area contributed by atoms with E-state index >= 15 is 0 Å². The first kappa shape index (κ1) is 12.9. The highest BCUT2D eigenvalue weighted by Crippen LogP contribution is 2.29. The van der Waals surface area contributed by atoms with Gasteiger partial charge in [0.15, 0.2) is 11.5 Å². The Morgan fingerprint density at radius 1 is 1.33 bits per heavy atom. The molecule has 0 saturated heterocycles. The molecule has 1 aliphatic carbocycles. The van der Waals surface area contributed by atoms with E-state index in [4.69, 9.17) is 9.47 Å². The third kappa shape index (κ3) is 3.03. The highest BCUT2D eigenvalue weighted by atomic mass is 16.5. The topological polar surface area (TPSA) is 35.5 Å².